The monoisotopic (exact) mass is 358 g/mol. The lowest BCUT2D eigenvalue weighted by molar-refractivity contribution is 0.104. The molecule has 0 spiro atoms. The Morgan fingerprint density at radius 2 is 1.64 bits per heavy atom. The molecule has 0 aliphatic heterocycles. The van der Waals surface area contributed by atoms with Crippen molar-refractivity contribution in [3.63, 3.8) is 0 Å². The number of allylic oxidation sites excluding steroid dienone is 1. The van der Waals surface area contributed by atoms with Crippen LogP contribution < -0.4 is 16.8 Å². The molecule has 7 nitrogen and oxygen atoms in total. The summed E-state index contributed by atoms with van der Waals surface area (Å²) in [7, 11) is -3.91. The highest BCUT2D eigenvalue weighted by Crippen LogP contribution is 2.16. The number of aryl methyl sites for hydroxylation is 1. The second-order valence-corrected chi connectivity index (χ2v) is 6.83. The molecule has 0 saturated carbocycles. The molecule has 2 aromatic carbocycles. The quantitative estimate of drug-likeness (QED) is 0.312. The Balaban J connectivity index is 2.03. The lowest BCUT2D eigenvalue weighted by Gasteiger charge is -2.03. The Kier molecular flexibility index (Phi) is 5.56. The number of anilines is 1. The summed E-state index contributed by atoms with van der Waals surface area (Å²) in [6.45, 7) is 1.95. The van der Waals surface area contributed by atoms with Gasteiger partial charge in [-0.25, -0.2) is 0 Å². The Morgan fingerprint density at radius 1 is 1.04 bits per heavy atom. The van der Waals surface area contributed by atoms with E-state index in [0.717, 1.165) is 5.56 Å². The molecule has 0 atom stereocenters. The summed E-state index contributed by atoms with van der Waals surface area (Å²) in [6.07, 6.45) is 2.89. The number of nitrogens with one attached hydrogen (secondary N) is 1. The minimum atomic E-state index is -3.91. The van der Waals surface area contributed by atoms with Crippen molar-refractivity contribution in [1.82, 2.24) is 0 Å². The van der Waals surface area contributed by atoms with Crippen LogP contribution in [0.25, 0.3) is 0 Å². The number of benzene rings is 2. The normalized spacial score (nSPS) is 11.2. The number of sulfonamides is 1. The lowest BCUT2D eigenvalue weighted by Crippen LogP contribution is -2.24. The molecule has 0 bridgehead atoms. The van der Waals surface area contributed by atoms with E-state index in [-0.39, 0.29) is 10.7 Å². The van der Waals surface area contributed by atoms with Crippen molar-refractivity contribution in [1.29, 1.82) is 0 Å². The Bertz CT molecular complexity index is 911. The third-order valence-electron chi connectivity index (χ3n) is 3.20. The first kappa shape index (κ1) is 18.2. The van der Waals surface area contributed by atoms with Crippen LogP contribution >= 0.6 is 0 Å². The van der Waals surface area contributed by atoms with E-state index in [0.29, 0.717) is 11.3 Å². The van der Waals surface area contributed by atoms with Gasteiger partial charge in [0.1, 0.15) is 0 Å². The van der Waals surface area contributed by atoms with Gasteiger partial charge in [-0.2, -0.15) is 8.42 Å². The van der Waals surface area contributed by atoms with E-state index in [4.69, 9.17) is 11.5 Å². The minimum absolute atomic E-state index is 0.0360. The number of hydrogen-bond donors (Lipinski definition) is 3. The van der Waals surface area contributed by atoms with E-state index in [1.54, 1.807) is 12.1 Å². The van der Waals surface area contributed by atoms with E-state index < -0.39 is 16.0 Å². The van der Waals surface area contributed by atoms with Crippen LogP contribution in [0.4, 0.5) is 5.69 Å². The van der Waals surface area contributed by atoms with Gasteiger partial charge in [0.2, 0.25) is 5.96 Å². The van der Waals surface area contributed by atoms with Crippen LogP contribution in [-0.4, -0.2) is 20.2 Å². The molecule has 0 radical (unpaired) electrons. The van der Waals surface area contributed by atoms with E-state index >= 15 is 0 Å². The summed E-state index contributed by atoms with van der Waals surface area (Å²) in [4.78, 5) is 12.0. The van der Waals surface area contributed by atoms with Crippen LogP contribution in [0.2, 0.25) is 0 Å². The van der Waals surface area contributed by atoms with Crippen molar-refractivity contribution < 1.29 is 13.2 Å². The molecule has 8 heteroatoms. The second-order valence-electron chi connectivity index (χ2n) is 5.22. The van der Waals surface area contributed by atoms with Crippen molar-refractivity contribution >= 4 is 27.5 Å². The zero-order valence-electron chi connectivity index (χ0n) is 13.5. The molecule has 0 aromatic heterocycles. The molecule has 0 heterocycles. The predicted molar refractivity (Wildman–Crippen MR) is 97.7 cm³/mol. The van der Waals surface area contributed by atoms with Crippen molar-refractivity contribution in [2.24, 2.45) is 15.9 Å². The number of nitrogens with two attached hydrogens (primary N) is 2. The molecule has 2 rings (SSSR count). The lowest BCUT2D eigenvalue weighted by atomic mass is 10.1. The van der Waals surface area contributed by atoms with Gasteiger partial charge < -0.3 is 16.8 Å². The molecule has 0 unspecified atom stereocenters. The summed E-state index contributed by atoms with van der Waals surface area (Å²) in [5.74, 6) is -0.667. The van der Waals surface area contributed by atoms with Gasteiger partial charge in [-0.3, -0.25) is 4.79 Å². The van der Waals surface area contributed by atoms with Gasteiger partial charge in [0.25, 0.3) is 10.0 Å². The number of rotatable bonds is 6. The Morgan fingerprint density at radius 3 is 2.20 bits per heavy atom. The molecule has 130 valence electrons. The Hall–Kier alpha value is -3.13. The van der Waals surface area contributed by atoms with Gasteiger partial charge in [-0.05, 0) is 31.2 Å². The standard InChI is InChI=1S/C17H18N4O3S/c1-12-2-4-13(5-3-12)16(22)10-11-20-14-6-8-15(9-7-14)25(23,24)21-17(18)19/h2-11,20H,1H3,(H4,18,19,21). The molecule has 2 aromatic rings. The molecule has 0 fully saturated rings. The fraction of sp³-hybridized carbons (Fsp3) is 0.0588. The fourth-order valence-electron chi connectivity index (χ4n) is 1.94. The molecular formula is C17H18N4O3S. The van der Waals surface area contributed by atoms with Gasteiger partial charge in [0, 0.05) is 23.5 Å². The number of carbonyl (C=O) groups is 1. The topological polar surface area (TPSA) is 128 Å². The number of guanidine groups is 1. The first-order chi connectivity index (χ1) is 11.8. The first-order valence-corrected chi connectivity index (χ1v) is 8.72. The van der Waals surface area contributed by atoms with Gasteiger partial charge in [0.15, 0.2) is 5.78 Å². The van der Waals surface area contributed by atoms with Crippen molar-refractivity contribution in [3.05, 3.63) is 71.9 Å². The first-order valence-electron chi connectivity index (χ1n) is 7.28. The van der Waals surface area contributed by atoms with E-state index in [2.05, 4.69) is 9.71 Å². The number of nitrogens with zero attached hydrogens (tertiary/aromatic N) is 1. The largest absolute Gasteiger partial charge is 0.369 e. The maximum atomic E-state index is 12.0. The Labute approximate surface area is 146 Å². The van der Waals surface area contributed by atoms with Gasteiger partial charge in [-0.15, -0.1) is 4.40 Å². The molecular weight excluding hydrogens is 340 g/mol. The highest BCUT2D eigenvalue weighted by molar-refractivity contribution is 7.90. The summed E-state index contributed by atoms with van der Waals surface area (Å²) < 4.78 is 26.8. The van der Waals surface area contributed by atoms with Gasteiger partial charge >= 0.3 is 0 Å². The molecule has 5 N–H and O–H groups in total. The SMILES string of the molecule is Cc1ccc(C(=O)C=CNc2ccc(S(=O)(=O)N=C(N)N)cc2)cc1. The van der Waals surface area contributed by atoms with Crippen molar-refractivity contribution in [2.75, 3.05) is 5.32 Å². The van der Waals surface area contributed by atoms with Crippen LogP contribution in [0.5, 0.6) is 0 Å². The van der Waals surface area contributed by atoms with Gasteiger partial charge in [-0.1, -0.05) is 29.8 Å². The van der Waals surface area contributed by atoms with Crippen molar-refractivity contribution in [3.8, 4) is 0 Å². The van der Waals surface area contributed by atoms with E-state index in [1.807, 2.05) is 19.1 Å². The smallest absolute Gasteiger partial charge is 0.285 e. The van der Waals surface area contributed by atoms with Gasteiger partial charge in [0.05, 0.1) is 4.90 Å². The number of hydrogen-bond acceptors (Lipinski definition) is 4. The highest BCUT2D eigenvalue weighted by Gasteiger charge is 2.12. The number of ketones is 1. The highest BCUT2D eigenvalue weighted by atomic mass is 32.2. The maximum Gasteiger partial charge on any atom is 0.285 e. The third-order valence-corrected chi connectivity index (χ3v) is 4.52. The molecule has 0 amide bonds. The van der Waals surface area contributed by atoms with Crippen LogP contribution in [-0.2, 0) is 10.0 Å². The van der Waals surface area contributed by atoms with Crippen LogP contribution in [0.1, 0.15) is 15.9 Å². The summed E-state index contributed by atoms with van der Waals surface area (Å²) in [6, 6.07) is 13.0. The molecule has 0 aliphatic carbocycles. The molecule has 0 saturated heterocycles. The second kappa shape index (κ2) is 7.63. The van der Waals surface area contributed by atoms with E-state index in [9.17, 15) is 13.2 Å². The van der Waals surface area contributed by atoms with Crippen LogP contribution in [0.15, 0.2) is 70.1 Å². The van der Waals surface area contributed by atoms with Crippen LogP contribution in [0, 0.1) is 6.92 Å². The average molecular weight is 358 g/mol. The zero-order chi connectivity index (χ0) is 18.4. The minimum Gasteiger partial charge on any atom is -0.369 e. The summed E-state index contributed by atoms with van der Waals surface area (Å²) in [5, 5.41) is 2.89. The van der Waals surface area contributed by atoms with E-state index in [1.165, 1.54) is 36.5 Å². The summed E-state index contributed by atoms with van der Waals surface area (Å²) in [5.41, 5.74) is 12.5. The molecule has 0 aliphatic rings. The average Bonchev–Trinajstić information content (AvgIpc) is 2.54. The van der Waals surface area contributed by atoms with Crippen LogP contribution in [0.3, 0.4) is 0 Å². The maximum absolute atomic E-state index is 12.0. The molecule has 25 heavy (non-hydrogen) atoms. The third kappa shape index (κ3) is 5.18. The predicted octanol–water partition coefficient (Wildman–Crippen LogP) is 1.77. The van der Waals surface area contributed by atoms with Crippen molar-refractivity contribution in [2.45, 2.75) is 11.8 Å². The zero-order valence-corrected chi connectivity index (χ0v) is 14.3. The summed E-state index contributed by atoms with van der Waals surface area (Å²) >= 11 is 0. The fourth-order valence-corrected chi connectivity index (χ4v) is 2.81. The number of carbonyl (C=O) groups excluding carboxylic acids is 1.